The number of aryl methyl sites for hydroxylation is 1. The summed E-state index contributed by atoms with van der Waals surface area (Å²) in [6.45, 7) is 0.975. The fourth-order valence-corrected chi connectivity index (χ4v) is 4.14. The van der Waals surface area contributed by atoms with E-state index in [-0.39, 0.29) is 11.8 Å². The van der Waals surface area contributed by atoms with E-state index >= 15 is 0 Å². The molecule has 4 rings (SSSR count). The van der Waals surface area contributed by atoms with Gasteiger partial charge >= 0.3 is 0 Å². The van der Waals surface area contributed by atoms with E-state index in [9.17, 15) is 9.59 Å². The topological polar surface area (TPSA) is 67.2 Å². The molecule has 0 saturated carbocycles. The van der Waals surface area contributed by atoms with Crippen molar-refractivity contribution >= 4 is 34.2 Å². The highest BCUT2D eigenvalue weighted by atomic mass is 32.1. The molecule has 3 heterocycles. The van der Waals surface area contributed by atoms with Crippen LogP contribution in [-0.4, -0.2) is 38.9 Å². The number of carbonyl (C=O) groups is 2. The molecule has 6 nitrogen and oxygen atoms in total. The normalized spacial score (nSPS) is 17.0. The number of thiophene rings is 1. The van der Waals surface area contributed by atoms with Gasteiger partial charge in [0, 0.05) is 13.6 Å². The molecule has 0 aliphatic carbocycles. The molecule has 0 radical (unpaired) electrons. The maximum absolute atomic E-state index is 12.7. The van der Waals surface area contributed by atoms with E-state index in [1.54, 1.807) is 11.0 Å². The number of rotatable bonds is 4. The summed E-state index contributed by atoms with van der Waals surface area (Å²) in [7, 11) is 1.94. The van der Waals surface area contributed by atoms with Crippen LogP contribution in [0.5, 0.6) is 0 Å². The molecular formula is C19H20N4O2S. The molecule has 1 saturated heterocycles. The molecule has 1 aliphatic heterocycles. The number of hydrogen-bond acceptors (Lipinski definition) is 4. The van der Waals surface area contributed by atoms with Gasteiger partial charge in [0.25, 0.3) is 5.91 Å². The molecule has 1 aliphatic rings. The number of likely N-dealkylation sites (tertiary alicyclic amines) is 1. The van der Waals surface area contributed by atoms with Crippen molar-refractivity contribution in [1.82, 2.24) is 19.8 Å². The second kappa shape index (κ2) is 6.92. The highest BCUT2D eigenvalue weighted by Crippen LogP contribution is 2.22. The number of benzene rings is 1. The summed E-state index contributed by atoms with van der Waals surface area (Å²) < 4.78 is 1.98. The molecule has 134 valence electrons. The largest absolute Gasteiger partial charge is 0.347 e. The van der Waals surface area contributed by atoms with Crippen LogP contribution in [0.3, 0.4) is 0 Å². The summed E-state index contributed by atoms with van der Waals surface area (Å²) in [6, 6.07) is 11.1. The maximum Gasteiger partial charge on any atom is 0.264 e. The molecule has 0 spiro atoms. The minimum Gasteiger partial charge on any atom is -0.347 e. The number of carbonyl (C=O) groups excluding carboxylic acids is 2. The zero-order chi connectivity index (χ0) is 18.1. The summed E-state index contributed by atoms with van der Waals surface area (Å²) in [6.07, 6.45) is 1.55. The fourth-order valence-electron chi connectivity index (χ4n) is 3.46. The third-order valence-electron chi connectivity index (χ3n) is 4.85. The number of nitrogens with zero attached hydrogens (tertiary/aromatic N) is 3. The van der Waals surface area contributed by atoms with Gasteiger partial charge < -0.3 is 14.8 Å². The molecule has 7 heteroatoms. The van der Waals surface area contributed by atoms with E-state index in [4.69, 9.17) is 0 Å². The fraction of sp³-hybridized carbons (Fsp3) is 0.316. The zero-order valence-electron chi connectivity index (χ0n) is 14.5. The van der Waals surface area contributed by atoms with E-state index in [2.05, 4.69) is 10.3 Å². The van der Waals surface area contributed by atoms with Crippen molar-refractivity contribution in [3.05, 3.63) is 52.5 Å². The third-order valence-corrected chi connectivity index (χ3v) is 5.71. The molecule has 1 fully saturated rings. The van der Waals surface area contributed by atoms with Gasteiger partial charge in [0.1, 0.15) is 11.9 Å². The molecule has 3 aromatic rings. The van der Waals surface area contributed by atoms with Gasteiger partial charge in [-0.05, 0) is 36.4 Å². The van der Waals surface area contributed by atoms with Crippen molar-refractivity contribution in [3.8, 4) is 0 Å². The van der Waals surface area contributed by atoms with Gasteiger partial charge in [-0.25, -0.2) is 4.98 Å². The van der Waals surface area contributed by atoms with E-state index in [1.165, 1.54) is 11.3 Å². The van der Waals surface area contributed by atoms with Crippen molar-refractivity contribution in [2.24, 2.45) is 7.05 Å². The summed E-state index contributed by atoms with van der Waals surface area (Å²) >= 11 is 1.41. The predicted molar refractivity (Wildman–Crippen MR) is 101 cm³/mol. The molecule has 1 aromatic carbocycles. The van der Waals surface area contributed by atoms with Crippen molar-refractivity contribution in [2.75, 3.05) is 6.54 Å². The van der Waals surface area contributed by atoms with Gasteiger partial charge in [-0.3, -0.25) is 9.59 Å². The Labute approximate surface area is 155 Å². The molecule has 2 aromatic heterocycles. The lowest BCUT2D eigenvalue weighted by molar-refractivity contribution is -0.125. The lowest BCUT2D eigenvalue weighted by Gasteiger charge is -2.23. The highest BCUT2D eigenvalue weighted by molar-refractivity contribution is 7.12. The number of hydrogen-bond donors (Lipinski definition) is 1. The Kier molecular flexibility index (Phi) is 4.46. The summed E-state index contributed by atoms with van der Waals surface area (Å²) in [5.74, 6) is 0.633. The Balaban J connectivity index is 1.45. The first kappa shape index (κ1) is 16.8. The molecular weight excluding hydrogens is 348 g/mol. The number of imidazole rings is 1. The Morgan fingerprint density at radius 1 is 1.27 bits per heavy atom. The molecule has 1 N–H and O–H groups in total. The SMILES string of the molecule is Cn1c(CNC(=O)[C@H]2CCCN2C(=O)c2cccs2)nc2ccccc21. The molecule has 26 heavy (non-hydrogen) atoms. The van der Waals surface area contributed by atoms with Gasteiger partial charge in [0.2, 0.25) is 5.91 Å². The van der Waals surface area contributed by atoms with Crippen molar-refractivity contribution in [1.29, 1.82) is 0 Å². The van der Waals surface area contributed by atoms with Crippen LogP contribution in [0.15, 0.2) is 41.8 Å². The van der Waals surface area contributed by atoms with E-state index in [1.807, 2.05) is 47.3 Å². The smallest absolute Gasteiger partial charge is 0.264 e. The average Bonchev–Trinajstić information content (AvgIpc) is 3.40. The highest BCUT2D eigenvalue weighted by Gasteiger charge is 2.34. The average molecular weight is 368 g/mol. The summed E-state index contributed by atoms with van der Waals surface area (Å²) in [5.41, 5.74) is 1.95. The van der Waals surface area contributed by atoms with Crippen LogP contribution in [-0.2, 0) is 18.4 Å². The van der Waals surface area contributed by atoms with E-state index in [0.717, 1.165) is 23.3 Å². The van der Waals surface area contributed by atoms with E-state index < -0.39 is 6.04 Å². The van der Waals surface area contributed by atoms with Gasteiger partial charge in [0.05, 0.1) is 22.5 Å². The summed E-state index contributed by atoms with van der Waals surface area (Å²) in [4.78, 5) is 32.2. The monoisotopic (exact) mass is 368 g/mol. The van der Waals surface area contributed by atoms with Crippen LogP contribution in [0.1, 0.15) is 28.3 Å². The molecule has 1 atom stereocenters. The van der Waals surface area contributed by atoms with Crippen LogP contribution >= 0.6 is 11.3 Å². The van der Waals surface area contributed by atoms with E-state index in [0.29, 0.717) is 24.4 Å². The van der Waals surface area contributed by atoms with Gasteiger partial charge in [0.15, 0.2) is 0 Å². The van der Waals surface area contributed by atoms with Crippen LogP contribution in [0.25, 0.3) is 11.0 Å². The second-order valence-electron chi connectivity index (χ2n) is 6.43. The van der Waals surface area contributed by atoms with Crippen LogP contribution < -0.4 is 5.32 Å². The standard InChI is InChI=1S/C19H20N4O2S/c1-22-14-7-3-2-6-13(14)21-17(22)12-20-18(24)15-8-4-10-23(15)19(25)16-9-5-11-26-16/h2-3,5-7,9,11,15H,4,8,10,12H2,1H3,(H,20,24)/t15-/m1/s1. The van der Waals surface area contributed by atoms with Crippen molar-refractivity contribution < 1.29 is 9.59 Å². The van der Waals surface area contributed by atoms with Crippen LogP contribution in [0, 0.1) is 0 Å². The summed E-state index contributed by atoms with van der Waals surface area (Å²) in [5, 5.41) is 4.84. The Hall–Kier alpha value is -2.67. The minimum atomic E-state index is -0.403. The number of fused-ring (bicyclic) bond motifs is 1. The maximum atomic E-state index is 12.7. The number of para-hydroxylation sites is 2. The Morgan fingerprint density at radius 3 is 2.88 bits per heavy atom. The van der Waals surface area contributed by atoms with Gasteiger partial charge in [-0.2, -0.15) is 0 Å². The first-order valence-corrected chi connectivity index (χ1v) is 9.55. The van der Waals surface area contributed by atoms with Crippen LogP contribution in [0.2, 0.25) is 0 Å². The molecule has 0 bridgehead atoms. The number of nitrogens with one attached hydrogen (secondary N) is 1. The first-order valence-electron chi connectivity index (χ1n) is 8.67. The molecule has 0 unspecified atom stereocenters. The Bertz CT molecular complexity index is 948. The number of aromatic nitrogens is 2. The quantitative estimate of drug-likeness (QED) is 0.770. The predicted octanol–water partition coefficient (Wildman–Crippen LogP) is 2.56. The number of amides is 2. The molecule has 2 amide bonds. The lowest BCUT2D eigenvalue weighted by Crippen LogP contribution is -2.45. The Morgan fingerprint density at radius 2 is 2.12 bits per heavy atom. The minimum absolute atomic E-state index is 0.0552. The van der Waals surface area contributed by atoms with Gasteiger partial charge in [-0.1, -0.05) is 18.2 Å². The third kappa shape index (κ3) is 2.99. The van der Waals surface area contributed by atoms with Gasteiger partial charge in [-0.15, -0.1) is 11.3 Å². The second-order valence-corrected chi connectivity index (χ2v) is 7.38. The first-order chi connectivity index (χ1) is 12.6. The zero-order valence-corrected chi connectivity index (χ0v) is 15.3. The lowest BCUT2D eigenvalue weighted by atomic mass is 10.2. The van der Waals surface area contributed by atoms with Crippen LogP contribution in [0.4, 0.5) is 0 Å². The van der Waals surface area contributed by atoms with Crippen molar-refractivity contribution in [3.63, 3.8) is 0 Å². The van der Waals surface area contributed by atoms with Crippen molar-refractivity contribution in [2.45, 2.75) is 25.4 Å².